The zero-order chi connectivity index (χ0) is 14.9. The summed E-state index contributed by atoms with van der Waals surface area (Å²) in [7, 11) is 2.93. The van der Waals surface area contributed by atoms with Crippen molar-refractivity contribution in [2.75, 3.05) is 14.2 Å². The number of fused-ring (bicyclic) bond motifs is 1. The Labute approximate surface area is 119 Å². The SMILES string of the molecule is COC(=O)C(O)(C(C)C)C1CCc2ccc(OC)cc21. The number of hydrogen-bond acceptors (Lipinski definition) is 4. The molecule has 2 atom stereocenters. The summed E-state index contributed by atoms with van der Waals surface area (Å²) in [4.78, 5) is 12.1. The molecule has 0 spiro atoms. The number of carbonyl (C=O) groups is 1. The van der Waals surface area contributed by atoms with Gasteiger partial charge < -0.3 is 14.6 Å². The molecule has 0 radical (unpaired) electrons. The summed E-state index contributed by atoms with van der Waals surface area (Å²) in [5.41, 5.74) is 0.663. The van der Waals surface area contributed by atoms with E-state index in [1.165, 1.54) is 12.7 Å². The second-order valence-corrected chi connectivity index (χ2v) is 5.63. The Morgan fingerprint density at radius 2 is 2.10 bits per heavy atom. The number of carbonyl (C=O) groups excluding carboxylic acids is 1. The summed E-state index contributed by atoms with van der Waals surface area (Å²) in [6, 6.07) is 5.84. The minimum Gasteiger partial charge on any atom is -0.497 e. The summed E-state index contributed by atoms with van der Waals surface area (Å²) in [6.07, 6.45) is 1.60. The zero-order valence-corrected chi connectivity index (χ0v) is 12.5. The molecular formula is C16H22O4. The van der Waals surface area contributed by atoms with E-state index in [1.54, 1.807) is 7.11 Å². The van der Waals surface area contributed by atoms with E-state index >= 15 is 0 Å². The second-order valence-electron chi connectivity index (χ2n) is 5.63. The van der Waals surface area contributed by atoms with Gasteiger partial charge in [0.1, 0.15) is 5.75 Å². The minimum absolute atomic E-state index is 0.225. The van der Waals surface area contributed by atoms with Gasteiger partial charge in [-0.1, -0.05) is 19.9 Å². The van der Waals surface area contributed by atoms with Gasteiger partial charge in [-0.3, -0.25) is 0 Å². The smallest absolute Gasteiger partial charge is 0.338 e. The summed E-state index contributed by atoms with van der Waals surface area (Å²) in [6.45, 7) is 3.68. The molecule has 4 nitrogen and oxygen atoms in total. The standard InChI is InChI=1S/C16H22O4/c1-10(2)16(18,15(17)20-4)14-8-6-11-5-7-12(19-3)9-13(11)14/h5,7,9-10,14,18H,6,8H2,1-4H3. The highest BCUT2D eigenvalue weighted by Gasteiger charge is 2.50. The first-order valence-corrected chi connectivity index (χ1v) is 6.92. The van der Waals surface area contributed by atoms with Crippen LogP contribution < -0.4 is 4.74 Å². The second kappa shape index (κ2) is 5.44. The van der Waals surface area contributed by atoms with Crippen molar-refractivity contribution < 1.29 is 19.4 Å². The van der Waals surface area contributed by atoms with Gasteiger partial charge in [-0.15, -0.1) is 0 Å². The first kappa shape index (κ1) is 14.9. The Morgan fingerprint density at radius 1 is 1.40 bits per heavy atom. The van der Waals surface area contributed by atoms with Crippen LogP contribution in [-0.2, 0) is 16.0 Å². The van der Waals surface area contributed by atoms with Crippen LogP contribution in [0.3, 0.4) is 0 Å². The minimum atomic E-state index is -1.49. The fourth-order valence-corrected chi connectivity index (χ4v) is 3.11. The fraction of sp³-hybridized carbons (Fsp3) is 0.562. The van der Waals surface area contributed by atoms with Crippen molar-refractivity contribution in [3.05, 3.63) is 29.3 Å². The molecule has 1 aliphatic rings. The lowest BCUT2D eigenvalue weighted by Gasteiger charge is -2.35. The number of esters is 1. The number of rotatable bonds is 4. The maximum Gasteiger partial charge on any atom is 0.338 e. The summed E-state index contributed by atoms with van der Waals surface area (Å²) < 4.78 is 10.1. The molecule has 2 rings (SSSR count). The lowest BCUT2D eigenvalue weighted by molar-refractivity contribution is -0.170. The molecule has 0 heterocycles. The van der Waals surface area contributed by atoms with Crippen molar-refractivity contribution in [1.82, 2.24) is 0 Å². The van der Waals surface area contributed by atoms with Gasteiger partial charge in [-0.2, -0.15) is 0 Å². The molecule has 1 aromatic rings. The Balaban J connectivity index is 2.47. The van der Waals surface area contributed by atoms with E-state index in [-0.39, 0.29) is 11.8 Å². The van der Waals surface area contributed by atoms with Crippen LogP contribution in [0.4, 0.5) is 0 Å². The van der Waals surface area contributed by atoms with Crippen LogP contribution >= 0.6 is 0 Å². The molecule has 1 aliphatic carbocycles. The molecule has 0 aromatic heterocycles. The van der Waals surface area contributed by atoms with Crippen LogP contribution in [0.25, 0.3) is 0 Å². The van der Waals surface area contributed by atoms with Gasteiger partial charge in [-0.05, 0) is 42.0 Å². The predicted octanol–water partition coefficient (Wildman–Crippen LogP) is 2.29. The lowest BCUT2D eigenvalue weighted by atomic mass is 9.75. The molecule has 0 saturated heterocycles. The number of ether oxygens (including phenoxy) is 2. The molecule has 0 fully saturated rings. The maximum absolute atomic E-state index is 12.1. The third-order valence-corrected chi connectivity index (χ3v) is 4.35. The van der Waals surface area contributed by atoms with E-state index in [2.05, 4.69) is 0 Å². The Kier molecular flexibility index (Phi) is 4.04. The number of aliphatic hydroxyl groups is 1. The van der Waals surface area contributed by atoms with Crippen molar-refractivity contribution in [3.8, 4) is 5.75 Å². The van der Waals surface area contributed by atoms with Gasteiger partial charge >= 0.3 is 5.97 Å². The highest BCUT2D eigenvalue weighted by Crippen LogP contribution is 2.45. The Hall–Kier alpha value is -1.55. The van der Waals surface area contributed by atoms with Crippen LogP contribution in [0.15, 0.2) is 18.2 Å². The number of methoxy groups -OCH3 is 2. The van der Waals surface area contributed by atoms with Gasteiger partial charge in [0.2, 0.25) is 0 Å². The van der Waals surface area contributed by atoms with Crippen LogP contribution in [0.2, 0.25) is 0 Å². The first-order valence-electron chi connectivity index (χ1n) is 6.92. The normalized spacial score (nSPS) is 20.4. The molecule has 0 amide bonds. The third kappa shape index (κ3) is 2.18. The van der Waals surface area contributed by atoms with Crippen LogP contribution in [-0.4, -0.2) is 30.9 Å². The van der Waals surface area contributed by atoms with Crippen molar-refractivity contribution in [2.45, 2.75) is 38.2 Å². The predicted molar refractivity (Wildman–Crippen MR) is 75.9 cm³/mol. The Morgan fingerprint density at radius 3 is 2.65 bits per heavy atom. The molecule has 110 valence electrons. The molecular weight excluding hydrogens is 256 g/mol. The van der Waals surface area contributed by atoms with Crippen molar-refractivity contribution >= 4 is 5.97 Å². The molecule has 0 aliphatic heterocycles. The average Bonchev–Trinajstić information content (AvgIpc) is 2.88. The van der Waals surface area contributed by atoms with Gasteiger partial charge in [0.25, 0.3) is 0 Å². The van der Waals surface area contributed by atoms with E-state index in [9.17, 15) is 9.90 Å². The topological polar surface area (TPSA) is 55.8 Å². The molecule has 1 aromatic carbocycles. The zero-order valence-electron chi connectivity index (χ0n) is 12.5. The van der Waals surface area contributed by atoms with E-state index in [0.717, 1.165) is 24.2 Å². The molecule has 0 bridgehead atoms. The van der Waals surface area contributed by atoms with Crippen LogP contribution in [0.5, 0.6) is 5.75 Å². The van der Waals surface area contributed by atoms with E-state index in [4.69, 9.17) is 9.47 Å². The van der Waals surface area contributed by atoms with E-state index in [0.29, 0.717) is 0 Å². The third-order valence-electron chi connectivity index (χ3n) is 4.35. The van der Waals surface area contributed by atoms with E-state index in [1.807, 2.05) is 32.0 Å². The highest BCUT2D eigenvalue weighted by atomic mass is 16.5. The lowest BCUT2D eigenvalue weighted by Crippen LogP contribution is -2.49. The van der Waals surface area contributed by atoms with Crippen LogP contribution in [0.1, 0.15) is 37.3 Å². The van der Waals surface area contributed by atoms with Gasteiger partial charge in [0.15, 0.2) is 5.60 Å². The average molecular weight is 278 g/mol. The monoisotopic (exact) mass is 278 g/mol. The Bertz CT molecular complexity index is 509. The summed E-state index contributed by atoms with van der Waals surface area (Å²) in [5.74, 6) is -0.294. The van der Waals surface area contributed by atoms with Crippen molar-refractivity contribution in [2.24, 2.45) is 5.92 Å². The summed E-state index contributed by atoms with van der Waals surface area (Å²) in [5, 5.41) is 11.0. The first-order chi connectivity index (χ1) is 9.44. The summed E-state index contributed by atoms with van der Waals surface area (Å²) >= 11 is 0. The van der Waals surface area contributed by atoms with Gasteiger partial charge in [0.05, 0.1) is 14.2 Å². The van der Waals surface area contributed by atoms with E-state index < -0.39 is 11.6 Å². The molecule has 2 unspecified atom stereocenters. The quantitative estimate of drug-likeness (QED) is 0.859. The van der Waals surface area contributed by atoms with Crippen molar-refractivity contribution in [1.29, 1.82) is 0 Å². The van der Waals surface area contributed by atoms with Gasteiger partial charge in [-0.25, -0.2) is 4.79 Å². The molecule has 1 N–H and O–H groups in total. The largest absolute Gasteiger partial charge is 0.497 e. The number of hydrogen-bond donors (Lipinski definition) is 1. The van der Waals surface area contributed by atoms with Gasteiger partial charge in [0, 0.05) is 5.92 Å². The number of aryl methyl sites for hydroxylation is 1. The maximum atomic E-state index is 12.1. The highest BCUT2D eigenvalue weighted by molar-refractivity contribution is 5.81. The molecule has 20 heavy (non-hydrogen) atoms. The fourth-order valence-electron chi connectivity index (χ4n) is 3.11. The number of benzene rings is 1. The van der Waals surface area contributed by atoms with Crippen molar-refractivity contribution in [3.63, 3.8) is 0 Å². The molecule has 4 heteroatoms. The van der Waals surface area contributed by atoms with Crippen LogP contribution in [0, 0.1) is 5.92 Å². The molecule has 0 saturated carbocycles.